The molecular weight excluding hydrogens is 260 g/mol. The molecule has 5 nitrogen and oxygen atoms in total. The van der Waals surface area contributed by atoms with E-state index in [1.165, 1.54) is 25.5 Å². The number of hydrogen-bond donors (Lipinski definition) is 1. The van der Waals surface area contributed by atoms with Crippen molar-refractivity contribution >= 4 is 27.3 Å². The summed E-state index contributed by atoms with van der Waals surface area (Å²) in [7, 11) is -0.536. The summed E-state index contributed by atoms with van der Waals surface area (Å²) in [6.07, 6.45) is 0. The van der Waals surface area contributed by atoms with Gasteiger partial charge < -0.3 is 5.32 Å². The Morgan fingerprint density at radius 3 is 2.47 bits per heavy atom. The minimum atomic E-state index is -3.45. The molecule has 0 fully saturated rings. The minimum absolute atomic E-state index is 0.0264. The Morgan fingerprint density at radius 1 is 1.41 bits per heavy atom. The van der Waals surface area contributed by atoms with E-state index in [0.717, 1.165) is 15.6 Å². The lowest BCUT2D eigenvalue weighted by Gasteiger charge is -2.08. The molecular formula is C10H16N2O3S2. The summed E-state index contributed by atoms with van der Waals surface area (Å²) < 4.78 is 24.7. The van der Waals surface area contributed by atoms with Crippen molar-refractivity contribution in [3.63, 3.8) is 0 Å². The molecule has 1 aromatic heterocycles. The SMILES string of the molecule is CC(C)NC(=O)c1cc(S(=O)(=O)N(C)C)cs1. The van der Waals surface area contributed by atoms with Gasteiger partial charge in [0, 0.05) is 25.5 Å². The third-order valence-electron chi connectivity index (χ3n) is 2.00. The summed E-state index contributed by atoms with van der Waals surface area (Å²) in [6, 6.07) is 1.43. The van der Waals surface area contributed by atoms with Crippen LogP contribution in [0.3, 0.4) is 0 Å². The van der Waals surface area contributed by atoms with Gasteiger partial charge in [-0.2, -0.15) is 0 Å². The zero-order chi connectivity index (χ0) is 13.2. The average Bonchev–Trinajstić information content (AvgIpc) is 2.65. The zero-order valence-corrected chi connectivity index (χ0v) is 11.9. The van der Waals surface area contributed by atoms with Gasteiger partial charge in [-0.3, -0.25) is 4.79 Å². The number of rotatable bonds is 4. The van der Waals surface area contributed by atoms with Crippen LogP contribution in [0.4, 0.5) is 0 Å². The van der Waals surface area contributed by atoms with Gasteiger partial charge in [0.2, 0.25) is 10.0 Å². The molecule has 0 aliphatic rings. The number of hydrogen-bond acceptors (Lipinski definition) is 4. The van der Waals surface area contributed by atoms with Gasteiger partial charge in [0.25, 0.3) is 5.91 Å². The number of carbonyl (C=O) groups excluding carboxylic acids is 1. The number of carbonyl (C=O) groups is 1. The molecule has 7 heteroatoms. The number of sulfonamides is 1. The van der Waals surface area contributed by atoms with Crippen molar-refractivity contribution in [2.24, 2.45) is 0 Å². The lowest BCUT2D eigenvalue weighted by atomic mass is 10.3. The van der Waals surface area contributed by atoms with E-state index in [2.05, 4.69) is 5.32 Å². The van der Waals surface area contributed by atoms with E-state index in [0.29, 0.717) is 4.88 Å². The summed E-state index contributed by atoms with van der Waals surface area (Å²) in [5, 5.41) is 4.19. The van der Waals surface area contributed by atoms with Gasteiger partial charge in [0.15, 0.2) is 0 Å². The molecule has 1 heterocycles. The Bertz CT molecular complexity index is 503. The number of thiophene rings is 1. The molecule has 0 aromatic carbocycles. The molecule has 0 radical (unpaired) electrons. The Hall–Kier alpha value is -0.920. The van der Waals surface area contributed by atoms with Gasteiger partial charge >= 0.3 is 0 Å². The van der Waals surface area contributed by atoms with Gasteiger partial charge in [-0.25, -0.2) is 12.7 Å². The van der Waals surface area contributed by atoms with Crippen LogP contribution in [0.1, 0.15) is 23.5 Å². The van der Waals surface area contributed by atoms with Crippen molar-refractivity contribution in [1.29, 1.82) is 0 Å². The van der Waals surface area contributed by atoms with E-state index in [9.17, 15) is 13.2 Å². The average molecular weight is 276 g/mol. The van der Waals surface area contributed by atoms with Gasteiger partial charge in [0.1, 0.15) is 0 Å². The normalized spacial score (nSPS) is 12.1. The van der Waals surface area contributed by atoms with E-state index < -0.39 is 10.0 Å². The minimum Gasteiger partial charge on any atom is -0.349 e. The molecule has 1 rings (SSSR count). The fourth-order valence-electron chi connectivity index (χ4n) is 1.12. The second-order valence-electron chi connectivity index (χ2n) is 4.06. The first-order valence-corrected chi connectivity index (χ1v) is 7.39. The van der Waals surface area contributed by atoms with Crippen LogP contribution >= 0.6 is 11.3 Å². The fourth-order valence-corrected chi connectivity index (χ4v) is 3.18. The van der Waals surface area contributed by atoms with Crippen LogP contribution in [0.25, 0.3) is 0 Å². The Kier molecular flexibility index (Phi) is 4.29. The summed E-state index contributed by atoms with van der Waals surface area (Å²) in [5.74, 6) is -0.245. The van der Waals surface area contributed by atoms with Crippen molar-refractivity contribution < 1.29 is 13.2 Å². The van der Waals surface area contributed by atoms with Gasteiger partial charge in [-0.1, -0.05) is 0 Å². The van der Waals surface area contributed by atoms with Crippen LogP contribution in [-0.4, -0.2) is 38.8 Å². The van der Waals surface area contributed by atoms with E-state index in [-0.39, 0.29) is 16.8 Å². The van der Waals surface area contributed by atoms with E-state index in [1.807, 2.05) is 13.8 Å². The molecule has 96 valence electrons. The first-order chi connectivity index (χ1) is 7.75. The molecule has 1 aromatic rings. The Balaban J connectivity index is 2.97. The number of nitrogens with one attached hydrogen (secondary N) is 1. The molecule has 0 spiro atoms. The number of nitrogens with zero attached hydrogens (tertiary/aromatic N) is 1. The summed E-state index contributed by atoms with van der Waals surface area (Å²) in [5.41, 5.74) is 0. The lowest BCUT2D eigenvalue weighted by molar-refractivity contribution is 0.0947. The van der Waals surface area contributed by atoms with Crippen molar-refractivity contribution in [2.75, 3.05) is 14.1 Å². The summed E-state index contributed by atoms with van der Waals surface area (Å²) in [4.78, 5) is 12.2. The molecule has 0 unspecified atom stereocenters. The van der Waals surface area contributed by atoms with Crippen LogP contribution in [0.5, 0.6) is 0 Å². The van der Waals surface area contributed by atoms with Crippen LogP contribution in [0, 0.1) is 0 Å². The van der Waals surface area contributed by atoms with Crippen molar-refractivity contribution in [2.45, 2.75) is 24.8 Å². The highest BCUT2D eigenvalue weighted by molar-refractivity contribution is 7.89. The van der Waals surface area contributed by atoms with Crippen LogP contribution in [0.2, 0.25) is 0 Å². The molecule has 0 atom stereocenters. The predicted octanol–water partition coefficient (Wildman–Crippen LogP) is 1.14. The molecule has 0 saturated heterocycles. The van der Waals surface area contributed by atoms with Gasteiger partial charge in [-0.15, -0.1) is 11.3 Å². The molecule has 0 aliphatic carbocycles. The second-order valence-corrected chi connectivity index (χ2v) is 7.13. The smallest absolute Gasteiger partial charge is 0.261 e. The van der Waals surface area contributed by atoms with Crippen LogP contribution < -0.4 is 5.32 Å². The maximum Gasteiger partial charge on any atom is 0.261 e. The fraction of sp³-hybridized carbons (Fsp3) is 0.500. The van der Waals surface area contributed by atoms with Crippen molar-refractivity contribution in [1.82, 2.24) is 9.62 Å². The molecule has 1 N–H and O–H groups in total. The molecule has 17 heavy (non-hydrogen) atoms. The lowest BCUT2D eigenvalue weighted by Crippen LogP contribution is -2.29. The van der Waals surface area contributed by atoms with Crippen molar-refractivity contribution in [3.05, 3.63) is 16.3 Å². The highest BCUT2D eigenvalue weighted by atomic mass is 32.2. The zero-order valence-electron chi connectivity index (χ0n) is 10.2. The Labute approximate surface area is 105 Å². The van der Waals surface area contributed by atoms with E-state index >= 15 is 0 Å². The second kappa shape index (κ2) is 5.16. The first kappa shape index (κ1) is 14.1. The standard InChI is InChI=1S/C10H16N2O3S2/c1-7(2)11-10(13)9-5-8(6-16-9)17(14,15)12(3)4/h5-7H,1-4H3,(H,11,13). The largest absolute Gasteiger partial charge is 0.349 e. The van der Waals surface area contributed by atoms with Crippen molar-refractivity contribution in [3.8, 4) is 0 Å². The third kappa shape index (κ3) is 3.27. The maximum absolute atomic E-state index is 11.8. The topological polar surface area (TPSA) is 66.5 Å². The third-order valence-corrected chi connectivity index (χ3v) is 4.87. The van der Waals surface area contributed by atoms with Gasteiger partial charge in [-0.05, 0) is 19.9 Å². The van der Waals surface area contributed by atoms with E-state index in [1.54, 1.807) is 0 Å². The molecule has 0 aliphatic heterocycles. The first-order valence-electron chi connectivity index (χ1n) is 5.07. The van der Waals surface area contributed by atoms with E-state index in [4.69, 9.17) is 0 Å². The Morgan fingerprint density at radius 2 is 2.00 bits per heavy atom. The maximum atomic E-state index is 11.8. The highest BCUT2D eigenvalue weighted by Gasteiger charge is 2.20. The monoisotopic (exact) mass is 276 g/mol. The summed E-state index contributed by atoms with van der Waals surface area (Å²) in [6.45, 7) is 3.70. The van der Waals surface area contributed by atoms with Crippen LogP contribution in [0.15, 0.2) is 16.3 Å². The molecule has 1 amide bonds. The number of amides is 1. The highest BCUT2D eigenvalue weighted by Crippen LogP contribution is 2.21. The predicted molar refractivity (Wildman–Crippen MR) is 67.8 cm³/mol. The van der Waals surface area contributed by atoms with Crippen LogP contribution in [-0.2, 0) is 10.0 Å². The quantitative estimate of drug-likeness (QED) is 0.896. The molecule has 0 bridgehead atoms. The molecule has 0 saturated carbocycles. The van der Waals surface area contributed by atoms with Gasteiger partial charge in [0.05, 0.1) is 9.77 Å². The summed E-state index contributed by atoms with van der Waals surface area (Å²) >= 11 is 1.13.